The minimum Gasteiger partial charge on any atom is -0.489 e. The summed E-state index contributed by atoms with van der Waals surface area (Å²) >= 11 is 5.69. The average Bonchev–Trinajstić information content (AvgIpc) is 2.42. The molecule has 2 N–H and O–H groups in total. The van der Waals surface area contributed by atoms with E-state index in [2.05, 4.69) is 5.10 Å². The van der Waals surface area contributed by atoms with E-state index in [1.165, 1.54) is 6.07 Å². The van der Waals surface area contributed by atoms with Crippen molar-refractivity contribution in [2.75, 3.05) is 0 Å². The van der Waals surface area contributed by atoms with E-state index in [9.17, 15) is 4.39 Å². The number of halogens is 2. The molecule has 0 aliphatic heterocycles. The van der Waals surface area contributed by atoms with Gasteiger partial charge in [-0.3, -0.25) is 0 Å². The third-order valence-electron chi connectivity index (χ3n) is 2.49. The summed E-state index contributed by atoms with van der Waals surface area (Å²) in [6, 6.07) is 11.8. The molecule has 5 heteroatoms. The zero-order valence-corrected chi connectivity index (χ0v) is 10.8. The van der Waals surface area contributed by atoms with Crippen molar-refractivity contribution >= 4 is 17.8 Å². The quantitative estimate of drug-likeness (QED) is 0.530. The predicted molar refractivity (Wildman–Crippen MR) is 74.0 cm³/mol. The maximum atomic E-state index is 13.0. The van der Waals surface area contributed by atoms with Gasteiger partial charge in [0.1, 0.15) is 18.2 Å². The van der Waals surface area contributed by atoms with Gasteiger partial charge >= 0.3 is 0 Å². The van der Waals surface area contributed by atoms with E-state index in [1.54, 1.807) is 18.3 Å². The summed E-state index contributed by atoms with van der Waals surface area (Å²) in [5.74, 6) is 5.32. The Balaban J connectivity index is 1.99. The molecule has 0 aliphatic carbocycles. The molecule has 19 heavy (non-hydrogen) atoms. The normalized spacial score (nSPS) is 10.8. The largest absolute Gasteiger partial charge is 0.489 e. The predicted octanol–water partition coefficient (Wildman–Crippen LogP) is 3.35. The maximum absolute atomic E-state index is 13.0. The molecule has 0 fully saturated rings. The fourth-order valence-electron chi connectivity index (χ4n) is 1.53. The lowest BCUT2D eigenvalue weighted by molar-refractivity contribution is 0.306. The molecule has 0 spiro atoms. The van der Waals surface area contributed by atoms with Crippen molar-refractivity contribution in [2.45, 2.75) is 6.61 Å². The van der Waals surface area contributed by atoms with Gasteiger partial charge in [0, 0.05) is 0 Å². The van der Waals surface area contributed by atoms with E-state index in [0.29, 0.717) is 12.4 Å². The number of nitrogens with two attached hydrogens (primary N) is 1. The Kier molecular flexibility index (Phi) is 4.36. The molecule has 0 atom stereocenters. The van der Waals surface area contributed by atoms with Gasteiger partial charge in [-0.2, -0.15) is 5.10 Å². The highest BCUT2D eigenvalue weighted by Gasteiger charge is 2.02. The van der Waals surface area contributed by atoms with E-state index in [4.69, 9.17) is 22.2 Å². The molecule has 0 aromatic heterocycles. The summed E-state index contributed by atoms with van der Waals surface area (Å²) in [6.45, 7) is 0.324. The van der Waals surface area contributed by atoms with Crippen molar-refractivity contribution < 1.29 is 9.13 Å². The molecular formula is C14H12ClFN2O. The number of nitrogens with zero attached hydrogens (tertiary/aromatic N) is 1. The molecule has 0 aliphatic rings. The summed E-state index contributed by atoms with van der Waals surface area (Å²) in [5, 5.41) is 3.52. The molecule has 2 rings (SSSR count). The molecule has 3 nitrogen and oxygen atoms in total. The second-order valence-corrected chi connectivity index (χ2v) is 4.29. The van der Waals surface area contributed by atoms with Gasteiger partial charge in [-0.25, -0.2) is 4.39 Å². The molecule has 0 unspecified atom stereocenters. The summed E-state index contributed by atoms with van der Waals surface area (Å²) in [4.78, 5) is 0. The monoisotopic (exact) mass is 278 g/mol. The molecule has 0 saturated carbocycles. The number of hydrazone groups is 1. The zero-order valence-electron chi connectivity index (χ0n) is 10.0. The number of benzene rings is 2. The minimum atomic E-state index is -0.434. The van der Waals surface area contributed by atoms with Gasteiger partial charge in [0.25, 0.3) is 0 Å². The van der Waals surface area contributed by atoms with Crippen molar-refractivity contribution in [3.05, 3.63) is 64.4 Å². The van der Waals surface area contributed by atoms with Gasteiger partial charge in [0.2, 0.25) is 0 Å². The number of hydrogen-bond acceptors (Lipinski definition) is 3. The lowest BCUT2D eigenvalue weighted by Crippen LogP contribution is -1.96. The average molecular weight is 279 g/mol. The van der Waals surface area contributed by atoms with Crippen LogP contribution in [0, 0.1) is 5.82 Å². The summed E-state index contributed by atoms with van der Waals surface area (Å²) < 4.78 is 18.5. The van der Waals surface area contributed by atoms with E-state index < -0.39 is 5.82 Å². The van der Waals surface area contributed by atoms with E-state index >= 15 is 0 Å². The Bertz CT molecular complexity index is 584. The standard InChI is InChI=1S/C14H12ClFN2O/c15-13-7-11(3-6-14(13)16)9-19-12-4-1-10(2-5-12)8-18-17/h1-8H,9,17H2. The van der Waals surface area contributed by atoms with Crippen LogP contribution >= 0.6 is 11.6 Å². The lowest BCUT2D eigenvalue weighted by atomic mass is 10.2. The van der Waals surface area contributed by atoms with Gasteiger partial charge in [-0.05, 0) is 47.5 Å². The van der Waals surface area contributed by atoms with Gasteiger partial charge in [0.05, 0.1) is 11.2 Å². The minimum absolute atomic E-state index is 0.0932. The Hall–Kier alpha value is -2.07. The maximum Gasteiger partial charge on any atom is 0.141 e. The number of hydrogen-bond donors (Lipinski definition) is 1. The second-order valence-electron chi connectivity index (χ2n) is 3.88. The van der Waals surface area contributed by atoms with Crippen LogP contribution < -0.4 is 10.6 Å². The smallest absolute Gasteiger partial charge is 0.141 e. The third-order valence-corrected chi connectivity index (χ3v) is 2.78. The number of ether oxygens (including phenoxy) is 1. The second kappa shape index (κ2) is 6.20. The fraction of sp³-hybridized carbons (Fsp3) is 0.0714. The summed E-state index contributed by atoms with van der Waals surface area (Å²) in [6.07, 6.45) is 1.55. The van der Waals surface area contributed by atoms with Crippen LogP contribution in [-0.4, -0.2) is 6.21 Å². The Labute approximate surface area is 115 Å². The first-order valence-corrected chi connectivity index (χ1v) is 5.97. The van der Waals surface area contributed by atoms with Crippen LogP contribution in [0.5, 0.6) is 5.75 Å². The van der Waals surface area contributed by atoms with Gasteiger partial charge in [0.15, 0.2) is 0 Å². The van der Waals surface area contributed by atoms with Crippen LogP contribution in [-0.2, 0) is 6.61 Å². The van der Waals surface area contributed by atoms with Crippen LogP contribution in [0.1, 0.15) is 11.1 Å². The first kappa shape index (κ1) is 13.4. The highest BCUT2D eigenvalue weighted by molar-refractivity contribution is 6.30. The molecular weight excluding hydrogens is 267 g/mol. The molecule has 2 aromatic rings. The number of rotatable bonds is 4. The summed E-state index contributed by atoms with van der Waals surface area (Å²) in [5.41, 5.74) is 1.69. The molecule has 0 radical (unpaired) electrons. The Morgan fingerprint density at radius 1 is 1.21 bits per heavy atom. The van der Waals surface area contributed by atoms with E-state index in [0.717, 1.165) is 11.1 Å². The highest BCUT2D eigenvalue weighted by atomic mass is 35.5. The van der Waals surface area contributed by atoms with Crippen molar-refractivity contribution in [3.8, 4) is 5.75 Å². The van der Waals surface area contributed by atoms with Gasteiger partial charge in [-0.1, -0.05) is 17.7 Å². The van der Waals surface area contributed by atoms with Crippen molar-refractivity contribution in [2.24, 2.45) is 10.9 Å². The third kappa shape index (κ3) is 3.69. The molecule has 0 saturated heterocycles. The first-order chi connectivity index (χ1) is 9.19. The fourth-order valence-corrected chi connectivity index (χ4v) is 1.74. The van der Waals surface area contributed by atoms with E-state index in [-0.39, 0.29) is 5.02 Å². The molecule has 0 amide bonds. The van der Waals surface area contributed by atoms with Crippen LogP contribution in [0.4, 0.5) is 4.39 Å². The van der Waals surface area contributed by atoms with Gasteiger partial charge < -0.3 is 10.6 Å². The molecule has 0 heterocycles. The van der Waals surface area contributed by atoms with E-state index in [1.807, 2.05) is 24.3 Å². The zero-order chi connectivity index (χ0) is 13.7. The molecule has 0 bridgehead atoms. The van der Waals surface area contributed by atoms with Crippen molar-refractivity contribution in [1.82, 2.24) is 0 Å². The first-order valence-electron chi connectivity index (χ1n) is 5.59. The topological polar surface area (TPSA) is 47.6 Å². The highest BCUT2D eigenvalue weighted by Crippen LogP contribution is 2.18. The molecule has 2 aromatic carbocycles. The van der Waals surface area contributed by atoms with Crippen molar-refractivity contribution in [3.63, 3.8) is 0 Å². The van der Waals surface area contributed by atoms with Crippen molar-refractivity contribution in [1.29, 1.82) is 0 Å². The van der Waals surface area contributed by atoms with Crippen LogP contribution in [0.15, 0.2) is 47.6 Å². The SMILES string of the molecule is NN=Cc1ccc(OCc2ccc(F)c(Cl)c2)cc1. The lowest BCUT2D eigenvalue weighted by Gasteiger charge is -2.07. The Morgan fingerprint density at radius 3 is 2.58 bits per heavy atom. The van der Waals surface area contributed by atoms with Crippen LogP contribution in [0.25, 0.3) is 0 Å². The van der Waals surface area contributed by atoms with Gasteiger partial charge in [-0.15, -0.1) is 0 Å². The summed E-state index contributed by atoms with van der Waals surface area (Å²) in [7, 11) is 0. The van der Waals surface area contributed by atoms with Crippen LogP contribution in [0.2, 0.25) is 5.02 Å². The van der Waals surface area contributed by atoms with Crippen LogP contribution in [0.3, 0.4) is 0 Å². The Morgan fingerprint density at radius 2 is 1.95 bits per heavy atom. The molecule has 98 valence electrons.